The number of phenolic OH excluding ortho intramolecular Hbond substituents is 1. The van der Waals surface area contributed by atoms with Crippen molar-refractivity contribution in [1.82, 2.24) is 4.90 Å². The molecule has 2 heterocycles. The van der Waals surface area contributed by atoms with E-state index in [1.807, 2.05) is 19.1 Å². The van der Waals surface area contributed by atoms with E-state index >= 15 is 0 Å². The van der Waals surface area contributed by atoms with Crippen molar-refractivity contribution in [2.45, 2.75) is 26.3 Å². The van der Waals surface area contributed by atoms with Crippen molar-refractivity contribution in [3.8, 4) is 23.0 Å². The maximum atomic E-state index is 13.0. The third kappa shape index (κ3) is 3.55. The summed E-state index contributed by atoms with van der Waals surface area (Å²) in [6.45, 7) is 4.89. The molecule has 6 nitrogen and oxygen atoms in total. The average molecular weight is 381 g/mol. The van der Waals surface area contributed by atoms with E-state index in [1.165, 1.54) is 6.26 Å². The van der Waals surface area contributed by atoms with Crippen molar-refractivity contribution in [2.75, 3.05) is 19.7 Å². The van der Waals surface area contributed by atoms with Gasteiger partial charge in [0.1, 0.15) is 17.6 Å². The molecule has 4 rings (SSSR count). The summed E-state index contributed by atoms with van der Waals surface area (Å²) in [4.78, 5) is 15.2. The number of nitrogens with zero attached hydrogens (tertiary/aromatic N) is 1. The van der Waals surface area contributed by atoms with Crippen LogP contribution in [0.3, 0.4) is 0 Å². The summed E-state index contributed by atoms with van der Waals surface area (Å²) < 4.78 is 17.1. The van der Waals surface area contributed by atoms with Gasteiger partial charge in [0.05, 0.1) is 17.6 Å². The van der Waals surface area contributed by atoms with Crippen molar-refractivity contribution >= 4 is 11.0 Å². The summed E-state index contributed by atoms with van der Waals surface area (Å²) >= 11 is 0. The van der Waals surface area contributed by atoms with Crippen LogP contribution in [0, 0.1) is 0 Å². The molecule has 0 saturated carbocycles. The second kappa shape index (κ2) is 7.94. The molecule has 0 spiro atoms. The summed E-state index contributed by atoms with van der Waals surface area (Å²) in [5, 5.41) is 10.7. The molecule has 1 saturated heterocycles. The monoisotopic (exact) mass is 381 g/mol. The van der Waals surface area contributed by atoms with Crippen molar-refractivity contribution in [3.63, 3.8) is 0 Å². The van der Waals surface area contributed by atoms with Crippen LogP contribution in [0.4, 0.5) is 0 Å². The van der Waals surface area contributed by atoms with Crippen molar-refractivity contribution in [2.24, 2.45) is 0 Å². The highest BCUT2D eigenvalue weighted by molar-refractivity contribution is 5.83. The van der Waals surface area contributed by atoms with E-state index in [0.717, 1.165) is 25.9 Å². The Morgan fingerprint density at radius 2 is 1.82 bits per heavy atom. The van der Waals surface area contributed by atoms with Crippen LogP contribution >= 0.6 is 0 Å². The van der Waals surface area contributed by atoms with Gasteiger partial charge in [-0.3, -0.25) is 9.69 Å². The molecule has 1 aromatic heterocycles. The van der Waals surface area contributed by atoms with Gasteiger partial charge in [0.25, 0.3) is 0 Å². The Morgan fingerprint density at radius 3 is 2.57 bits per heavy atom. The first-order valence-corrected chi connectivity index (χ1v) is 9.55. The van der Waals surface area contributed by atoms with Crippen molar-refractivity contribution in [3.05, 3.63) is 58.4 Å². The molecule has 146 valence electrons. The second-order valence-corrected chi connectivity index (χ2v) is 6.83. The predicted molar refractivity (Wildman–Crippen MR) is 106 cm³/mol. The zero-order chi connectivity index (χ0) is 19.5. The first kappa shape index (κ1) is 18.4. The summed E-state index contributed by atoms with van der Waals surface area (Å²) in [6, 6.07) is 10.3. The maximum Gasteiger partial charge on any atom is 0.235 e. The van der Waals surface area contributed by atoms with Crippen LogP contribution in [-0.4, -0.2) is 29.7 Å². The van der Waals surface area contributed by atoms with Crippen LogP contribution in [0.2, 0.25) is 0 Å². The Kier molecular flexibility index (Phi) is 5.21. The zero-order valence-electron chi connectivity index (χ0n) is 15.8. The number of benzene rings is 2. The Balaban J connectivity index is 1.71. The Morgan fingerprint density at radius 1 is 1.07 bits per heavy atom. The summed E-state index contributed by atoms with van der Waals surface area (Å²) in [5.74, 6) is 1.23. The lowest BCUT2D eigenvalue weighted by molar-refractivity contribution is 0.318. The number of ether oxygens (including phenoxy) is 2. The van der Waals surface area contributed by atoms with Crippen LogP contribution in [0.1, 0.15) is 25.3 Å². The van der Waals surface area contributed by atoms with E-state index < -0.39 is 0 Å². The molecule has 1 fully saturated rings. The van der Waals surface area contributed by atoms with Gasteiger partial charge in [-0.15, -0.1) is 0 Å². The van der Waals surface area contributed by atoms with Gasteiger partial charge in [-0.2, -0.15) is 0 Å². The first-order chi connectivity index (χ1) is 13.7. The highest BCUT2D eigenvalue weighted by Gasteiger charge is 2.20. The van der Waals surface area contributed by atoms with Crippen molar-refractivity contribution < 1.29 is 19.0 Å². The zero-order valence-corrected chi connectivity index (χ0v) is 15.8. The molecule has 28 heavy (non-hydrogen) atoms. The van der Waals surface area contributed by atoms with E-state index in [4.69, 9.17) is 13.9 Å². The van der Waals surface area contributed by atoms with Gasteiger partial charge in [-0.25, -0.2) is 0 Å². The normalized spacial score (nSPS) is 14.5. The first-order valence-electron chi connectivity index (χ1n) is 9.55. The van der Waals surface area contributed by atoms with E-state index in [0.29, 0.717) is 41.2 Å². The van der Waals surface area contributed by atoms with Gasteiger partial charge >= 0.3 is 0 Å². The van der Waals surface area contributed by atoms with E-state index in [9.17, 15) is 9.90 Å². The fraction of sp³-hybridized carbons (Fsp3) is 0.318. The number of fused-ring (bicyclic) bond motifs is 1. The number of likely N-dealkylation sites (tertiary alicyclic amines) is 1. The van der Waals surface area contributed by atoms with Crippen molar-refractivity contribution in [1.29, 1.82) is 0 Å². The van der Waals surface area contributed by atoms with Crippen LogP contribution < -0.4 is 14.9 Å². The fourth-order valence-electron chi connectivity index (χ4n) is 3.54. The minimum absolute atomic E-state index is 0.0810. The molecule has 0 bridgehead atoms. The molecular weight excluding hydrogens is 358 g/mol. The smallest absolute Gasteiger partial charge is 0.235 e. The Bertz CT molecular complexity index is 1040. The molecule has 1 aliphatic rings. The molecule has 1 N–H and O–H groups in total. The van der Waals surface area contributed by atoms with Gasteiger partial charge < -0.3 is 19.0 Å². The van der Waals surface area contributed by atoms with E-state index in [-0.39, 0.29) is 16.9 Å². The van der Waals surface area contributed by atoms with Gasteiger partial charge in [-0.05, 0) is 57.1 Å². The number of para-hydroxylation sites is 2. The van der Waals surface area contributed by atoms with Gasteiger partial charge in [0, 0.05) is 6.54 Å². The highest BCUT2D eigenvalue weighted by Crippen LogP contribution is 2.33. The van der Waals surface area contributed by atoms with Gasteiger partial charge in [0.2, 0.25) is 11.2 Å². The summed E-state index contributed by atoms with van der Waals surface area (Å²) in [6.07, 6.45) is 3.60. The molecule has 1 aliphatic heterocycles. The Labute approximate surface area is 162 Å². The van der Waals surface area contributed by atoms with Crippen LogP contribution in [0.15, 0.2) is 51.9 Å². The molecule has 2 aromatic carbocycles. The lowest BCUT2D eigenvalue weighted by atomic mass is 10.1. The van der Waals surface area contributed by atoms with Crippen LogP contribution in [0.5, 0.6) is 23.0 Å². The molecule has 0 amide bonds. The topological polar surface area (TPSA) is 72.1 Å². The third-order valence-electron chi connectivity index (χ3n) is 4.94. The molecular formula is C22H23NO5. The molecule has 0 radical (unpaired) electrons. The predicted octanol–water partition coefficient (Wildman–Crippen LogP) is 4.29. The maximum absolute atomic E-state index is 13.0. The van der Waals surface area contributed by atoms with Crippen LogP contribution in [-0.2, 0) is 6.54 Å². The SMILES string of the molecule is CCOc1ccccc1Oc1coc2c(CN3CCCC3)c(O)ccc2c1=O. The van der Waals surface area contributed by atoms with Gasteiger partial charge in [0.15, 0.2) is 11.5 Å². The Hall–Kier alpha value is -2.99. The van der Waals surface area contributed by atoms with E-state index in [1.54, 1.807) is 24.3 Å². The summed E-state index contributed by atoms with van der Waals surface area (Å²) in [7, 11) is 0. The quantitative estimate of drug-likeness (QED) is 0.687. The molecule has 3 aromatic rings. The second-order valence-electron chi connectivity index (χ2n) is 6.83. The number of hydrogen-bond donors (Lipinski definition) is 1. The molecule has 0 atom stereocenters. The van der Waals surface area contributed by atoms with E-state index in [2.05, 4.69) is 4.90 Å². The minimum Gasteiger partial charge on any atom is -0.507 e. The third-order valence-corrected chi connectivity index (χ3v) is 4.94. The number of aromatic hydroxyl groups is 1. The largest absolute Gasteiger partial charge is 0.507 e. The molecule has 6 heteroatoms. The number of phenols is 1. The average Bonchev–Trinajstić information content (AvgIpc) is 3.21. The number of hydrogen-bond acceptors (Lipinski definition) is 6. The van der Waals surface area contributed by atoms with Crippen LogP contribution in [0.25, 0.3) is 11.0 Å². The lowest BCUT2D eigenvalue weighted by Gasteiger charge is -2.17. The standard InChI is InChI=1S/C22H23NO5/c1-2-26-18-7-3-4-8-19(18)28-20-14-27-22-15(21(20)25)9-10-17(24)16(22)13-23-11-5-6-12-23/h3-4,7-10,14,24H,2,5-6,11-13H2,1H3. The summed E-state index contributed by atoms with van der Waals surface area (Å²) in [5.41, 5.74) is 0.760. The number of rotatable bonds is 6. The fourth-order valence-corrected chi connectivity index (χ4v) is 3.54. The molecule has 0 unspecified atom stereocenters. The molecule has 0 aliphatic carbocycles. The minimum atomic E-state index is -0.282. The highest BCUT2D eigenvalue weighted by atomic mass is 16.5. The lowest BCUT2D eigenvalue weighted by Crippen LogP contribution is -2.19. The van der Waals surface area contributed by atoms with Gasteiger partial charge in [-0.1, -0.05) is 12.1 Å².